The average Bonchev–Trinajstić information content (AvgIpc) is 2.12. The smallest absolute Gasteiger partial charge is 0.151 e. The second kappa shape index (κ2) is 4.39. The van der Waals surface area contributed by atoms with Crippen molar-refractivity contribution in [2.75, 3.05) is 31.1 Å². The normalized spacial score (nSPS) is 26.6. The second-order valence-corrected chi connectivity index (χ2v) is 5.96. The highest BCUT2D eigenvalue weighted by atomic mass is 32.2. The molecule has 0 bridgehead atoms. The molecule has 1 aliphatic heterocycles. The quantitative estimate of drug-likeness (QED) is 0.662. The number of hydrogen-bond acceptors (Lipinski definition) is 4. The molecule has 5 heteroatoms. The van der Waals surface area contributed by atoms with E-state index < -0.39 is 9.84 Å². The highest BCUT2D eigenvalue weighted by Crippen LogP contribution is 2.05. The Bertz CT molecular complexity index is 248. The Hall–Kier alpha value is -0.130. The van der Waals surface area contributed by atoms with E-state index in [2.05, 4.69) is 0 Å². The summed E-state index contributed by atoms with van der Waals surface area (Å²) < 4.78 is 22.4. The van der Waals surface area contributed by atoms with Crippen LogP contribution >= 0.6 is 0 Å². The fourth-order valence-electron chi connectivity index (χ4n) is 1.55. The van der Waals surface area contributed by atoms with E-state index in [1.807, 2.05) is 4.90 Å². The van der Waals surface area contributed by atoms with Gasteiger partial charge in [-0.25, -0.2) is 8.42 Å². The van der Waals surface area contributed by atoms with Crippen LogP contribution in [0.4, 0.5) is 0 Å². The van der Waals surface area contributed by atoms with Crippen molar-refractivity contribution in [1.82, 2.24) is 4.90 Å². The van der Waals surface area contributed by atoms with Crippen LogP contribution < -0.4 is 0 Å². The minimum absolute atomic E-state index is 0.236. The Balaban J connectivity index is 2.45. The van der Waals surface area contributed by atoms with E-state index in [9.17, 15) is 8.42 Å². The first kappa shape index (κ1) is 10.9. The van der Waals surface area contributed by atoms with Crippen molar-refractivity contribution >= 4 is 9.84 Å². The van der Waals surface area contributed by atoms with Crippen molar-refractivity contribution in [1.29, 1.82) is 0 Å². The van der Waals surface area contributed by atoms with Crippen LogP contribution in [0.25, 0.3) is 0 Å². The molecule has 1 heterocycles. The SMILES string of the molecule is C[C@H](O)CN1CCCS(=O)(=O)CC1. The number of sulfone groups is 1. The predicted molar refractivity (Wildman–Crippen MR) is 51.4 cm³/mol. The van der Waals surface area contributed by atoms with Crippen LogP contribution in [0, 0.1) is 0 Å². The summed E-state index contributed by atoms with van der Waals surface area (Å²) in [4.78, 5) is 2.01. The largest absolute Gasteiger partial charge is 0.392 e. The highest BCUT2D eigenvalue weighted by molar-refractivity contribution is 7.91. The van der Waals surface area contributed by atoms with E-state index in [1.165, 1.54) is 0 Å². The Morgan fingerprint density at radius 1 is 1.38 bits per heavy atom. The summed E-state index contributed by atoms with van der Waals surface area (Å²) in [5.41, 5.74) is 0. The molecule has 0 aromatic heterocycles. The molecule has 0 unspecified atom stereocenters. The van der Waals surface area contributed by atoms with Crippen LogP contribution in [0.2, 0.25) is 0 Å². The van der Waals surface area contributed by atoms with Gasteiger partial charge >= 0.3 is 0 Å². The van der Waals surface area contributed by atoms with Crippen LogP contribution in [0.3, 0.4) is 0 Å². The molecule has 0 spiro atoms. The molecule has 1 atom stereocenters. The summed E-state index contributed by atoms with van der Waals surface area (Å²) >= 11 is 0. The highest BCUT2D eigenvalue weighted by Gasteiger charge is 2.19. The third-order valence-corrected chi connectivity index (χ3v) is 3.89. The second-order valence-electron chi connectivity index (χ2n) is 3.66. The standard InChI is InChI=1S/C8H17NO3S/c1-8(10)7-9-3-2-5-13(11,12)6-4-9/h8,10H,2-7H2,1H3/t8-/m0/s1. The molecule has 1 saturated heterocycles. The molecule has 0 amide bonds. The minimum atomic E-state index is -2.81. The lowest BCUT2D eigenvalue weighted by Crippen LogP contribution is -2.33. The summed E-state index contributed by atoms with van der Waals surface area (Å²) in [7, 11) is -2.81. The van der Waals surface area contributed by atoms with Crippen molar-refractivity contribution in [2.45, 2.75) is 19.4 Å². The van der Waals surface area contributed by atoms with Crippen molar-refractivity contribution in [3.05, 3.63) is 0 Å². The van der Waals surface area contributed by atoms with Gasteiger partial charge in [0.2, 0.25) is 0 Å². The number of aliphatic hydroxyl groups is 1. The molecule has 1 aliphatic rings. The van der Waals surface area contributed by atoms with Crippen molar-refractivity contribution in [3.8, 4) is 0 Å². The molecule has 4 nitrogen and oxygen atoms in total. The summed E-state index contributed by atoms with van der Waals surface area (Å²) in [6.45, 7) is 3.65. The number of rotatable bonds is 2. The maximum absolute atomic E-state index is 11.2. The van der Waals surface area contributed by atoms with E-state index in [4.69, 9.17) is 5.11 Å². The Kier molecular flexibility index (Phi) is 3.70. The summed E-state index contributed by atoms with van der Waals surface area (Å²) in [6, 6.07) is 0. The third kappa shape index (κ3) is 4.06. The molecule has 78 valence electrons. The van der Waals surface area contributed by atoms with Crippen LogP contribution in [0.1, 0.15) is 13.3 Å². The van der Waals surface area contributed by atoms with Gasteiger partial charge in [0.1, 0.15) is 0 Å². The van der Waals surface area contributed by atoms with Gasteiger partial charge in [-0.2, -0.15) is 0 Å². The van der Waals surface area contributed by atoms with E-state index in [0.717, 1.165) is 6.54 Å². The topological polar surface area (TPSA) is 57.6 Å². The molecule has 0 radical (unpaired) electrons. The molecular weight excluding hydrogens is 190 g/mol. The van der Waals surface area contributed by atoms with E-state index in [-0.39, 0.29) is 11.9 Å². The predicted octanol–water partition coefficient (Wildman–Crippen LogP) is -0.512. The molecule has 1 rings (SSSR count). The van der Waals surface area contributed by atoms with Gasteiger partial charge in [0.25, 0.3) is 0 Å². The third-order valence-electron chi connectivity index (χ3n) is 2.17. The van der Waals surface area contributed by atoms with Gasteiger partial charge in [0.05, 0.1) is 17.6 Å². The van der Waals surface area contributed by atoms with E-state index >= 15 is 0 Å². The summed E-state index contributed by atoms with van der Waals surface area (Å²) in [6.07, 6.45) is 0.315. The van der Waals surface area contributed by atoms with Gasteiger partial charge in [-0.3, -0.25) is 4.90 Å². The van der Waals surface area contributed by atoms with E-state index in [1.54, 1.807) is 6.92 Å². The molecular formula is C8H17NO3S. The zero-order valence-electron chi connectivity index (χ0n) is 7.94. The number of hydrogen-bond donors (Lipinski definition) is 1. The Labute approximate surface area is 79.5 Å². The number of nitrogens with zero attached hydrogens (tertiary/aromatic N) is 1. The lowest BCUT2D eigenvalue weighted by Gasteiger charge is -2.20. The lowest BCUT2D eigenvalue weighted by atomic mass is 10.3. The first-order chi connectivity index (χ1) is 5.99. The first-order valence-electron chi connectivity index (χ1n) is 4.60. The maximum atomic E-state index is 11.2. The zero-order chi connectivity index (χ0) is 9.90. The van der Waals surface area contributed by atoms with Gasteiger partial charge in [0.15, 0.2) is 9.84 Å². The fraction of sp³-hybridized carbons (Fsp3) is 1.00. The lowest BCUT2D eigenvalue weighted by molar-refractivity contribution is 0.131. The number of aliphatic hydroxyl groups excluding tert-OH is 1. The van der Waals surface area contributed by atoms with Crippen molar-refractivity contribution in [2.24, 2.45) is 0 Å². The van der Waals surface area contributed by atoms with E-state index in [0.29, 0.717) is 25.3 Å². The molecule has 1 N–H and O–H groups in total. The van der Waals surface area contributed by atoms with Crippen LogP contribution in [-0.4, -0.2) is 55.7 Å². The summed E-state index contributed by atoms with van der Waals surface area (Å²) in [5, 5.41) is 9.14. The monoisotopic (exact) mass is 207 g/mol. The Morgan fingerprint density at radius 2 is 2.08 bits per heavy atom. The first-order valence-corrected chi connectivity index (χ1v) is 6.42. The Morgan fingerprint density at radius 3 is 2.69 bits per heavy atom. The van der Waals surface area contributed by atoms with Crippen LogP contribution in [0.5, 0.6) is 0 Å². The van der Waals surface area contributed by atoms with Crippen LogP contribution in [-0.2, 0) is 9.84 Å². The maximum Gasteiger partial charge on any atom is 0.151 e. The molecule has 0 aliphatic carbocycles. The molecule has 0 aromatic rings. The number of β-amino-alcohol motifs (C(OH)–C–C–N with tert-alkyl or cyclic N) is 1. The van der Waals surface area contributed by atoms with Gasteiger partial charge in [0, 0.05) is 13.1 Å². The molecule has 0 aromatic carbocycles. The van der Waals surface area contributed by atoms with Crippen molar-refractivity contribution in [3.63, 3.8) is 0 Å². The minimum Gasteiger partial charge on any atom is -0.392 e. The van der Waals surface area contributed by atoms with Crippen LogP contribution in [0.15, 0.2) is 0 Å². The molecule has 1 fully saturated rings. The summed E-state index contributed by atoms with van der Waals surface area (Å²) in [5.74, 6) is 0.531. The van der Waals surface area contributed by atoms with Gasteiger partial charge < -0.3 is 5.11 Å². The van der Waals surface area contributed by atoms with Gasteiger partial charge in [-0.1, -0.05) is 0 Å². The fourth-order valence-corrected chi connectivity index (χ4v) is 2.86. The van der Waals surface area contributed by atoms with Gasteiger partial charge in [-0.05, 0) is 19.9 Å². The van der Waals surface area contributed by atoms with Gasteiger partial charge in [-0.15, -0.1) is 0 Å². The molecule has 0 saturated carbocycles. The molecule has 13 heavy (non-hydrogen) atoms. The zero-order valence-corrected chi connectivity index (χ0v) is 8.76. The van der Waals surface area contributed by atoms with Crippen molar-refractivity contribution < 1.29 is 13.5 Å². The average molecular weight is 207 g/mol.